The normalized spacial score (nSPS) is 11.9. The SMILES string of the molecule is CCOC(=O)C(C)(C)Oc1ccc(OC(C)C(=O)Nc2ccc(-c3ccccc3)cc2)cc1C. The molecule has 3 rings (SSSR count). The molecule has 0 saturated carbocycles. The van der Waals surface area contributed by atoms with E-state index < -0.39 is 17.7 Å². The lowest BCUT2D eigenvalue weighted by Crippen LogP contribution is -2.39. The third-order valence-corrected chi connectivity index (χ3v) is 5.22. The van der Waals surface area contributed by atoms with E-state index in [1.165, 1.54) is 0 Å². The Morgan fingerprint density at radius 3 is 2.21 bits per heavy atom. The van der Waals surface area contributed by atoms with Gasteiger partial charge in [0.1, 0.15) is 11.5 Å². The van der Waals surface area contributed by atoms with Gasteiger partial charge in [-0.3, -0.25) is 4.79 Å². The second kappa shape index (κ2) is 10.9. The van der Waals surface area contributed by atoms with Crippen molar-refractivity contribution in [3.63, 3.8) is 0 Å². The zero-order valence-corrected chi connectivity index (χ0v) is 20.3. The molecule has 6 nitrogen and oxygen atoms in total. The topological polar surface area (TPSA) is 73.9 Å². The van der Waals surface area contributed by atoms with E-state index in [9.17, 15) is 9.59 Å². The summed E-state index contributed by atoms with van der Waals surface area (Å²) in [5.41, 5.74) is 2.55. The number of rotatable bonds is 9. The molecule has 0 heterocycles. The molecule has 0 bridgehead atoms. The largest absolute Gasteiger partial charge is 0.481 e. The first kappa shape index (κ1) is 24.8. The Balaban J connectivity index is 1.59. The lowest BCUT2D eigenvalue weighted by molar-refractivity contribution is -0.158. The fourth-order valence-corrected chi connectivity index (χ4v) is 3.31. The number of hydrogen-bond donors (Lipinski definition) is 1. The van der Waals surface area contributed by atoms with Gasteiger partial charge in [0.15, 0.2) is 11.7 Å². The highest BCUT2D eigenvalue weighted by molar-refractivity contribution is 5.94. The summed E-state index contributed by atoms with van der Waals surface area (Å²) in [6.07, 6.45) is -0.712. The van der Waals surface area contributed by atoms with Crippen LogP contribution in [0, 0.1) is 6.92 Å². The van der Waals surface area contributed by atoms with Crippen molar-refractivity contribution in [3.05, 3.63) is 78.4 Å². The van der Waals surface area contributed by atoms with Crippen molar-refractivity contribution in [1.29, 1.82) is 0 Å². The van der Waals surface area contributed by atoms with Crippen LogP contribution >= 0.6 is 0 Å². The number of ether oxygens (including phenoxy) is 3. The highest BCUT2D eigenvalue weighted by atomic mass is 16.6. The van der Waals surface area contributed by atoms with E-state index in [0.29, 0.717) is 17.2 Å². The fraction of sp³-hybridized carbons (Fsp3) is 0.286. The van der Waals surface area contributed by atoms with Gasteiger partial charge in [-0.1, -0.05) is 42.5 Å². The Morgan fingerprint density at radius 2 is 1.59 bits per heavy atom. The minimum absolute atomic E-state index is 0.256. The summed E-state index contributed by atoms with van der Waals surface area (Å²) in [7, 11) is 0. The van der Waals surface area contributed by atoms with Crippen LogP contribution in [0.25, 0.3) is 11.1 Å². The fourth-order valence-electron chi connectivity index (χ4n) is 3.31. The number of benzene rings is 3. The maximum atomic E-state index is 12.6. The first-order chi connectivity index (χ1) is 16.2. The molecule has 1 amide bonds. The van der Waals surface area contributed by atoms with Gasteiger partial charge in [0.2, 0.25) is 0 Å². The van der Waals surface area contributed by atoms with Gasteiger partial charge in [0, 0.05) is 5.69 Å². The molecule has 3 aromatic carbocycles. The molecule has 0 spiro atoms. The van der Waals surface area contributed by atoms with Crippen LogP contribution in [0.5, 0.6) is 11.5 Å². The number of hydrogen-bond acceptors (Lipinski definition) is 5. The van der Waals surface area contributed by atoms with E-state index in [4.69, 9.17) is 14.2 Å². The van der Waals surface area contributed by atoms with E-state index in [0.717, 1.165) is 16.7 Å². The molecule has 0 aliphatic carbocycles. The van der Waals surface area contributed by atoms with Crippen molar-refractivity contribution in [3.8, 4) is 22.6 Å². The number of esters is 1. The summed E-state index contributed by atoms with van der Waals surface area (Å²) in [6.45, 7) is 8.90. The molecule has 0 aliphatic heterocycles. The minimum atomic E-state index is -1.12. The van der Waals surface area contributed by atoms with Crippen LogP contribution in [0.15, 0.2) is 72.8 Å². The standard InChI is InChI=1S/C28H31NO5/c1-6-32-27(31)28(4,5)34-25-17-16-24(18-19(25)2)33-20(3)26(30)29-23-14-12-22(13-15-23)21-10-8-7-9-11-21/h7-18,20H,6H2,1-5H3,(H,29,30). The molecule has 178 valence electrons. The van der Waals surface area contributed by atoms with E-state index in [1.54, 1.807) is 45.9 Å². The summed E-state index contributed by atoms with van der Waals surface area (Å²) in [5, 5.41) is 2.88. The highest BCUT2D eigenvalue weighted by Gasteiger charge is 2.32. The van der Waals surface area contributed by atoms with Gasteiger partial charge in [-0.2, -0.15) is 0 Å². The molecule has 0 radical (unpaired) electrons. The Labute approximate surface area is 200 Å². The van der Waals surface area contributed by atoms with Crippen LogP contribution in [0.1, 0.15) is 33.3 Å². The number of carbonyl (C=O) groups is 2. The highest BCUT2D eigenvalue weighted by Crippen LogP contribution is 2.28. The summed E-state index contributed by atoms with van der Waals surface area (Å²) >= 11 is 0. The Bertz CT molecular complexity index is 1120. The van der Waals surface area contributed by atoms with Crippen LogP contribution in [0.2, 0.25) is 0 Å². The first-order valence-corrected chi connectivity index (χ1v) is 11.3. The zero-order chi connectivity index (χ0) is 24.7. The molecule has 1 atom stereocenters. The van der Waals surface area contributed by atoms with Crippen molar-refractivity contribution in [2.24, 2.45) is 0 Å². The molecule has 6 heteroatoms. The Kier molecular flexibility index (Phi) is 7.95. The van der Waals surface area contributed by atoms with Gasteiger partial charge < -0.3 is 19.5 Å². The predicted molar refractivity (Wildman–Crippen MR) is 133 cm³/mol. The van der Waals surface area contributed by atoms with Gasteiger partial charge in [0.05, 0.1) is 6.61 Å². The average molecular weight is 462 g/mol. The van der Waals surface area contributed by atoms with Crippen molar-refractivity contribution < 1.29 is 23.8 Å². The third kappa shape index (κ3) is 6.38. The number of carbonyl (C=O) groups excluding carboxylic acids is 2. The first-order valence-electron chi connectivity index (χ1n) is 11.3. The number of anilines is 1. The minimum Gasteiger partial charge on any atom is -0.481 e. The van der Waals surface area contributed by atoms with E-state index >= 15 is 0 Å². The average Bonchev–Trinajstić information content (AvgIpc) is 2.82. The molecule has 0 aliphatic rings. The smallest absolute Gasteiger partial charge is 0.349 e. The van der Waals surface area contributed by atoms with Gasteiger partial charge in [-0.15, -0.1) is 0 Å². The van der Waals surface area contributed by atoms with Crippen molar-refractivity contribution in [2.75, 3.05) is 11.9 Å². The maximum Gasteiger partial charge on any atom is 0.349 e. The van der Waals surface area contributed by atoms with Crippen LogP contribution in [-0.2, 0) is 14.3 Å². The quantitative estimate of drug-likeness (QED) is 0.408. The molecule has 1 N–H and O–H groups in total. The van der Waals surface area contributed by atoms with Crippen LogP contribution < -0.4 is 14.8 Å². The van der Waals surface area contributed by atoms with Crippen LogP contribution in [0.4, 0.5) is 5.69 Å². The monoisotopic (exact) mass is 461 g/mol. The predicted octanol–water partition coefficient (Wildman–Crippen LogP) is 5.79. The molecule has 0 fully saturated rings. The molecule has 1 unspecified atom stereocenters. The molecule has 34 heavy (non-hydrogen) atoms. The van der Waals surface area contributed by atoms with Crippen LogP contribution in [0.3, 0.4) is 0 Å². The molecule has 0 aromatic heterocycles. The van der Waals surface area contributed by atoms with Gasteiger partial charge >= 0.3 is 5.97 Å². The summed E-state index contributed by atoms with van der Waals surface area (Å²) in [4.78, 5) is 24.7. The number of nitrogens with one attached hydrogen (secondary N) is 1. The van der Waals surface area contributed by atoms with Crippen molar-refractivity contribution in [1.82, 2.24) is 0 Å². The van der Waals surface area contributed by atoms with E-state index in [2.05, 4.69) is 5.32 Å². The molecule has 3 aromatic rings. The lowest BCUT2D eigenvalue weighted by Gasteiger charge is -2.25. The van der Waals surface area contributed by atoms with Gasteiger partial charge in [-0.25, -0.2) is 4.79 Å². The van der Waals surface area contributed by atoms with Crippen molar-refractivity contribution >= 4 is 17.6 Å². The van der Waals surface area contributed by atoms with Crippen LogP contribution in [-0.4, -0.2) is 30.2 Å². The van der Waals surface area contributed by atoms with Gasteiger partial charge in [0.25, 0.3) is 5.91 Å². The van der Waals surface area contributed by atoms with E-state index in [1.807, 2.05) is 61.5 Å². The molecular formula is C28H31NO5. The van der Waals surface area contributed by atoms with E-state index in [-0.39, 0.29) is 12.5 Å². The lowest BCUT2D eigenvalue weighted by atomic mass is 10.1. The second-order valence-corrected chi connectivity index (χ2v) is 8.45. The zero-order valence-electron chi connectivity index (χ0n) is 20.3. The molecular weight excluding hydrogens is 430 g/mol. The summed E-state index contributed by atoms with van der Waals surface area (Å²) in [6, 6.07) is 22.9. The number of amides is 1. The van der Waals surface area contributed by atoms with Gasteiger partial charge in [-0.05, 0) is 81.6 Å². The maximum absolute atomic E-state index is 12.6. The Hall–Kier alpha value is -3.80. The third-order valence-electron chi connectivity index (χ3n) is 5.22. The summed E-state index contributed by atoms with van der Waals surface area (Å²) in [5.74, 6) is 0.382. The Morgan fingerprint density at radius 1 is 0.941 bits per heavy atom. The number of aryl methyl sites for hydroxylation is 1. The molecule has 0 saturated heterocycles. The summed E-state index contributed by atoms with van der Waals surface area (Å²) < 4.78 is 16.8. The van der Waals surface area contributed by atoms with Crippen molar-refractivity contribution in [2.45, 2.75) is 46.3 Å². The second-order valence-electron chi connectivity index (χ2n) is 8.45.